The van der Waals surface area contributed by atoms with E-state index in [9.17, 15) is 9.59 Å². The number of aromatic amines is 1. The highest BCUT2D eigenvalue weighted by molar-refractivity contribution is 5.40. The van der Waals surface area contributed by atoms with Crippen molar-refractivity contribution in [1.29, 1.82) is 0 Å². The largest absolute Gasteiger partial charge is 0.356 e. The van der Waals surface area contributed by atoms with Crippen LogP contribution in [0.4, 0.5) is 11.8 Å². The van der Waals surface area contributed by atoms with E-state index in [0.717, 1.165) is 29.5 Å². The molecular weight excluding hydrogens is 308 g/mol. The maximum Gasteiger partial charge on any atom is 0.329 e. The fraction of sp³-hybridized carbons (Fsp3) is 0.500. The van der Waals surface area contributed by atoms with E-state index in [2.05, 4.69) is 19.9 Å². The number of aromatic nitrogens is 4. The number of anilines is 2. The molecule has 0 aliphatic carbocycles. The van der Waals surface area contributed by atoms with Gasteiger partial charge < -0.3 is 9.80 Å². The first kappa shape index (κ1) is 16.2. The summed E-state index contributed by atoms with van der Waals surface area (Å²) in [5, 5.41) is 0. The van der Waals surface area contributed by atoms with Crippen molar-refractivity contribution in [3.05, 3.63) is 44.9 Å². The Balaban J connectivity index is 1.80. The number of likely N-dealkylation sites (N-methyl/N-ethyl adjacent to an activating group) is 1. The monoisotopic (exact) mass is 330 g/mol. The number of aryl methyl sites for hydroxylation is 1. The Bertz CT molecular complexity index is 794. The van der Waals surface area contributed by atoms with Gasteiger partial charge in [0.15, 0.2) is 0 Å². The van der Waals surface area contributed by atoms with Crippen molar-refractivity contribution in [3.63, 3.8) is 0 Å². The van der Waals surface area contributed by atoms with Gasteiger partial charge in [0.1, 0.15) is 5.82 Å². The van der Waals surface area contributed by atoms with Crippen LogP contribution in [-0.2, 0) is 7.05 Å². The lowest BCUT2D eigenvalue weighted by Crippen LogP contribution is -2.48. The van der Waals surface area contributed by atoms with E-state index in [1.165, 1.54) is 13.1 Å². The normalized spacial score (nSPS) is 17.8. The molecule has 1 unspecified atom stereocenters. The maximum atomic E-state index is 11.9. The third kappa shape index (κ3) is 3.17. The Kier molecular flexibility index (Phi) is 4.37. The molecule has 24 heavy (non-hydrogen) atoms. The summed E-state index contributed by atoms with van der Waals surface area (Å²) in [5.74, 6) is 1.26. The summed E-state index contributed by atoms with van der Waals surface area (Å²) >= 11 is 0. The van der Waals surface area contributed by atoms with Crippen molar-refractivity contribution < 1.29 is 0 Å². The minimum atomic E-state index is -0.394. The molecule has 0 radical (unpaired) electrons. The smallest absolute Gasteiger partial charge is 0.329 e. The van der Waals surface area contributed by atoms with E-state index in [4.69, 9.17) is 0 Å². The maximum absolute atomic E-state index is 11.9. The fourth-order valence-electron chi connectivity index (χ4n) is 2.93. The summed E-state index contributed by atoms with van der Waals surface area (Å²) < 4.78 is 1.07. The van der Waals surface area contributed by atoms with Gasteiger partial charge in [-0.2, -0.15) is 0 Å². The van der Waals surface area contributed by atoms with Gasteiger partial charge in [-0.3, -0.25) is 14.3 Å². The lowest BCUT2D eigenvalue weighted by atomic mass is 10.0. The highest BCUT2D eigenvalue weighted by atomic mass is 16.2. The van der Waals surface area contributed by atoms with Crippen LogP contribution < -0.4 is 21.0 Å². The molecule has 0 bridgehead atoms. The van der Waals surface area contributed by atoms with Crippen molar-refractivity contribution >= 4 is 11.8 Å². The van der Waals surface area contributed by atoms with Crippen molar-refractivity contribution in [3.8, 4) is 0 Å². The molecule has 0 saturated carbocycles. The Morgan fingerprint density at radius 3 is 2.67 bits per heavy atom. The molecule has 1 fully saturated rings. The van der Waals surface area contributed by atoms with Gasteiger partial charge in [-0.1, -0.05) is 0 Å². The van der Waals surface area contributed by atoms with Crippen LogP contribution in [0.15, 0.2) is 28.0 Å². The molecule has 8 heteroatoms. The third-order valence-corrected chi connectivity index (χ3v) is 4.50. The molecule has 1 saturated heterocycles. The second kappa shape index (κ2) is 6.46. The van der Waals surface area contributed by atoms with Crippen molar-refractivity contribution in [2.24, 2.45) is 7.05 Å². The Hall–Kier alpha value is -2.64. The second-order valence-electron chi connectivity index (χ2n) is 6.27. The fourth-order valence-corrected chi connectivity index (χ4v) is 2.93. The van der Waals surface area contributed by atoms with Gasteiger partial charge in [-0.15, -0.1) is 0 Å². The van der Waals surface area contributed by atoms with E-state index in [-0.39, 0.29) is 11.6 Å². The van der Waals surface area contributed by atoms with Crippen LogP contribution in [-0.4, -0.2) is 45.7 Å². The van der Waals surface area contributed by atoms with Gasteiger partial charge in [0.2, 0.25) is 5.95 Å². The van der Waals surface area contributed by atoms with Crippen LogP contribution in [0.1, 0.15) is 18.4 Å². The zero-order chi connectivity index (χ0) is 17.3. The molecule has 1 N–H and O–H groups in total. The molecule has 1 atom stereocenters. The lowest BCUT2D eigenvalue weighted by Gasteiger charge is -2.38. The summed E-state index contributed by atoms with van der Waals surface area (Å²) in [6.07, 6.45) is 5.59. The Labute approximate surface area is 139 Å². The highest BCUT2D eigenvalue weighted by Crippen LogP contribution is 2.21. The van der Waals surface area contributed by atoms with Crippen LogP contribution in [0, 0.1) is 6.92 Å². The molecule has 1 aliphatic rings. The molecule has 1 aliphatic heterocycles. The van der Waals surface area contributed by atoms with E-state index in [0.29, 0.717) is 18.3 Å². The van der Waals surface area contributed by atoms with Crippen LogP contribution in [0.2, 0.25) is 0 Å². The summed E-state index contributed by atoms with van der Waals surface area (Å²) in [6, 6.07) is 1.70. The lowest BCUT2D eigenvalue weighted by molar-refractivity contribution is 0.479. The zero-order valence-electron chi connectivity index (χ0n) is 14.2. The quantitative estimate of drug-likeness (QED) is 0.870. The van der Waals surface area contributed by atoms with E-state index < -0.39 is 5.69 Å². The first-order chi connectivity index (χ1) is 11.5. The number of hydrogen-bond donors (Lipinski definition) is 1. The van der Waals surface area contributed by atoms with Crippen molar-refractivity contribution in [2.75, 3.05) is 29.9 Å². The summed E-state index contributed by atoms with van der Waals surface area (Å²) in [6.45, 7) is 3.47. The Morgan fingerprint density at radius 2 is 2.00 bits per heavy atom. The molecule has 3 rings (SSSR count). The van der Waals surface area contributed by atoms with Gasteiger partial charge in [0.25, 0.3) is 5.56 Å². The van der Waals surface area contributed by atoms with Gasteiger partial charge in [-0.05, 0) is 25.3 Å². The zero-order valence-corrected chi connectivity index (χ0v) is 14.2. The summed E-state index contributed by atoms with van der Waals surface area (Å²) in [4.78, 5) is 39.3. The van der Waals surface area contributed by atoms with Gasteiger partial charge in [0, 0.05) is 51.7 Å². The standard InChI is InChI=1S/C16H22N6O2/c1-11-8-17-15(18-9-11)20(2)12-5-4-6-22(10-12)13-7-14(23)21(3)16(24)19-13/h7-9,12H,4-6,10H2,1-3H3,(H,19,24). The van der Waals surface area contributed by atoms with Crippen molar-refractivity contribution in [2.45, 2.75) is 25.8 Å². The average Bonchev–Trinajstić information content (AvgIpc) is 2.59. The number of hydrogen-bond acceptors (Lipinski definition) is 6. The minimum absolute atomic E-state index is 0.217. The number of piperidine rings is 1. The molecule has 2 aromatic heterocycles. The van der Waals surface area contributed by atoms with E-state index in [1.54, 1.807) is 12.4 Å². The molecule has 8 nitrogen and oxygen atoms in total. The van der Waals surface area contributed by atoms with Crippen molar-refractivity contribution in [1.82, 2.24) is 19.5 Å². The third-order valence-electron chi connectivity index (χ3n) is 4.50. The van der Waals surface area contributed by atoms with Gasteiger partial charge in [0.05, 0.1) is 0 Å². The predicted molar refractivity (Wildman–Crippen MR) is 92.7 cm³/mol. The van der Waals surface area contributed by atoms with Crippen LogP contribution in [0.5, 0.6) is 0 Å². The minimum Gasteiger partial charge on any atom is -0.356 e. The predicted octanol–water partition coefficient (Wildman–Crippen LogP) is 0.277. The molecular formula is C16H22N6O2. The van der Waals surface area contributed by atoms with Gasteiger partial charge >= 0.3 is 5.69 Å². The highest BCUT2D eigenvalue weighted by Gasteiger charge is 2.25. The number of rotatable bonds is 3. The van der Waals surface area contributed by atoms with Crippen LogP contribution >= 0.6 is 0 Å². The van der Waals surface area contributed by atoms with Crippen LogP contribution in [0.25, 0.3) is 0 Å². The summed E-state index contributed by atoms with van der Waals surface area (Å²) in [5.41, 5.74) is 0.330. The number of nitrogens with zero attached hydrogens (tertiary/aromatic N) is 5. The Morgan fingerprint density at radius 1 is 1.29 bits per heavy atom. The number of nitrogens with one attached hydrogen (secondary N) is 1. The van der Waals surface area contributed by atoms with E-state index in [1.807, 2.05) is 18.9 Å². The average molecular weight is 330 g/mol. The second-order valence-corrected chi connectivity index (χ2v) is 6.27. The molecule has 0 spiro atoms. The molecule has 0 aromatic carbocycles. The molecule has 2 aromatic rings. The summed E-state index contributed by atoms with van der Waals surface area (Å²) in [7, 11) is 3.44. The molecule has 0 amide bonds. The topological polar surface area (TPSA) is 87.1 Å². The van der Waals surface area contributed by atoms with Gasteiger partial charge in [-0.25, -0.2) is 14.8 Å². The van der Waals surface area contributed by atoms with E-state index >= 15 is 0 Å². The molecule has 3 heterocycles. The number of H-pyrrole nitrogens is 1. The molecule has 128 valence electrons. The van der Waals surface area contributed by atoms with Crippen LogP contribution in [0.3, 0.4) is 0 Å². The SMILES string of the molecule is Cc1cnc(N(C)C2CCCN(c3cc(=O)n(C)c(=O)[nH]3)C2)nc1. The first-order valence-electron chi connectivity index (χ1n) is 8.02. The first-order valence-corrected chi connectivity index (χ1v) is 8.02.